The minimum Gasteiger partial charge on any atom is -0.443 e. The van der Waals surface area contributed by atoms with Gasteiger partial charge in [-0.25, -0.2) is 19.9 Å². The van der Waals surface area contributed by atoms with Crippen LogP contribution in [0.5, 0.6) is 0 Å². The van der Waals surface area contributed by atoms with Crippen molar-refractivity contribution in [2.75, 3.05) is 18.5 Å². The molecule has 2 aliphatic rings. The molecule has 0 aliphatic carbocycles. The fraction of sp³-hybridized carbons (Fsp3) is 0.579. The molecular weight excluding hydrogens is 392 g/mol. The summed E-state index contributed by atoms with van der Waals surface area (Å²) >= 11 is 0. The van der Waals surface area contributed by atoms with Crippen molar-refractivity contribution < 1.29 is 24.1 Å². The molecule has 160 valence electrons. The van der Waals surface area contributed by atoms with Gasteiger partial charge in [0.1, 0.15) is 24.3 Å². The fourth-order valence-corrected chi connectivity index (χ4v) is 3.89. The number of aliphatic hydroxyl groups is 2. The van der Waals surface area contributed by atoms with Gasteiger partial charge in [0.2, 0.25) is 5.89 Å². The Morgan fingerprint density at radius 2 is 1.97 bits per heavy atom. The monoisotopic (exact) mass is 416 g/mol. The van der Waals surface area contributed by atoms with E-state index in [1.807, 2.05) is 6.92 Å². The summed E-state index contributed by atoms with van der Waals surface area (Å²) in [6, 6.07) is 0.249. The van der Waals surface area contributed by atoms with Crippen molar-refractivity contribution in [3.63, 3.8) is 0 Å². The number of aliphatic hydroxyl groups excluding tert-OH is 2. The first-order valence-corrected chi connectivity index (χ1v) is 10.1. The Morgan fingerprint density at radius 1 is 1.13 bits per heavy atom. The maximum absolute atomic E-state index is 10.6. The highest BCUT2D eigenvalue weighted by atomic mass is 16.6. The highest BCUT2D eigenvalue weighted by Crippen LogP contribution is 2.39. The summed E-state index contributed by atoms with van der Waals surface area (Å²) in [5.41, 5.74) is 1.07. The second-order valence-electron chi connectivity index (χ2n) is 7.52. The van der Waals surface area contributed by atoms with Crippen LogP contribution in [0.4, 0.5) is 5.82 Å². The summed E-state index contributed by atoms with van der Waals surface area (Å²) in [7, 11) is 0. The minimum atomic E-state index is -1.20. The highest BCUT2D eigenvalue weighted by Gasteiger charge is 2.47. The average molecular weight is 416 g/mol. The standard InChI is InChI=1S/C19H24N6O5/c1-2-11-7-20-18(29-11)15-13(26)14(27)19(30-15)25-9-23-12-16(21-8-22-17(12)25)24-10-3-5-28-6-4-10/h7-10,13-15,19,26-27H,2-6H2,1H3,(H,21,22,24). The van der Waals surface area contributed by atoms with Gasteiger partial charge < -0.3 is 29.4 Å². The first kappa shape index (κ1) is 19.4. The van der Waals surface area contributed by atoms with Gasteiger partial charge in [0.15, 0.2) is 29.3 Å². The number of anilines is 1. The van der Waals surface area contributed by atoms with E-state index in [0.717, 1.165) is 12.8 Å². The van der Waals surface area contributed by atoms with Crippen LogP contribution in [0.15, 0.2) is 23.3 Å². The summed E-state index contributed by atoms with van der Waals surface area (Å²) in [6.07, 6.45) is 2.85. The number of hydrogen-bond donors (Lipinski definition) is 3. The van der Waals surface area contributed by atoms with Crippen molar-refractivity contribution in [3.8, 4) is 0 Å². The molecule has 0 bridgehead atoms. The summed E-state index contributed by atoms with van der Waals surface area (Å²) in [6.45, 7) is 3.36. The van der Waals surface area contributed by atoms with Crippen molar-refractivity contribution in [2.24, 2.45) is 0 Å². The smallest absolute Gasteiger partial charge is 0.226 e. The van der Waals surface area contributed by atoms with Gasteiger partial charge in [-0.1, -0.05) is 6.92 Å². The first-order chi connectivity index (χ1) is 14.7. The van der Waals surface area contributed by atoms with Gasteiger partial charge in [0.05, 0.1) is 12.5 Å². The van der Waals surface area contributed by atoms with Crippen LogP contribution in [0.3, 0.4) is 0 Å². The zero-order chi connectivity index (χ0) is 20.7. The third-order valence-corrected chi connectivity index (χ3v) is 5.60. The van der Waals surface area contributed by atoms with E-state index in [9.17, 15) is 10.2 Å². The third kappa shape index (κ3) is 3.33. The number of ether oxygens (including phenoxy) is 2. The van der Waals surface area contributed by atoms with E-state index in [0.29, 0.717) is 42.4 Å². The Kier molecular flexibility index (Phi) is 5.11. The second kappa shape index (κ2) is 7.91. The van der Waals surface area contributed by atoms with Crippen molar-refractivity contribution in [1.82, 2.24) is 24.5 Å². The summed E-state index contributed by atoms with van der Waals surface area (Å²) in [5, 5.41) is 24.6. The van der Waals surface area contributed by atoms with E-state index in [4.69, 9.17) is 13.9 Å². The Bertz CT molecular complexity index is 1020. The van der Waals surface area contributed by atoms with Gasteiger partial charge in [-0.15, -0.1) is 0 Å². The predicted octanol–water partition coefficient (Wildman–Crippen LogP) is 0.959. The number of fused-ring (bicyclic) bond motifs is 1. The normalized spacial score (nSPS) is 27.7. The molecule has 0 spiro atoms. The molecule has 5 heterocycles. The van der Waals surface area contributed by atoms with E-state index in [2.05, 4.69) is 25.3 Å². The van der Waals surface area contributed by atoms with Gasteiger partial charge in [-0.2, -0.15) is 0 Å². The van der Waals surface area contributed by atoms with Crippen LogP contribution in [0.25, 0.3) is 11.2 Å². The van der Waals surface area contributed by atoms with Crippen LogP contribution in [0.1, 0.15) is 43.7 Å². The highest BCUT2D eigenvalue weighted by molar-refractivity contribution is 5.82. The SMILES string of the molecule is CCc1cnc(C2OC(n3cnc4c(NC5CCOCC5)ncnc43)C(O)C2O)o1. The Morgan fingerprint density at radius 3 is 2.73 bits per heavy atom. The Labute approximate surface area is 172 Å². The molecule has 2 fully saturated rings. The molecule has 3 aromatic rings. The molecule has 5 rings (SSSR count). The number of nitrogens with one attached hydrogen (secondary N) is 1. The first-order valence-electron chi connectivity index (χ1n) is 10.1. The molecule has 4 atom stereocenters. The molecule has 11 heteroatoms. The molecule has 2 aliphatic heterocycles. The molecule has 0 saturated carbocycles. The van der Waals surface area contributed by atoms with Crippen molar-refractivity contribution in [1.29, 1.82) is 0 Å². The molecule has 0 radical (unpaired) electrons. The molecule has 0 amide bonds. The fourth-order valence-electron chi connectivity index (χ4n) is 3.89. The van der Waals surface area contributed by atoms with Gasteiger partial charge in [-0.3, -0.25) is 4.57 Å². The van der Waals surface area contributed by atoms with E-state index in [-0.39, 0.29) is 11.9 Å². The average Bonchev–Trinajstić information content (AvgIpc) is 3.48. The van der Waals surface area contributed by atoms with E-state index in [1.54, 1.807) is 10.8 Å². The van der Waals surface area contributed by atoms with Crippen LogP contribution in [0.2, 0.25) is 0 Å². The lowest BCUT2D eigenvalue weighted by atomic mass is 10.1. The van der Waals surface area contributed by atoms with Crippen LogP contribution in [-0.2, 0) is 15.9 Å². The Balaban J connectivity index is 1.42. The molecule has 3 aromatic heterocycles. The van der Waals surface area contributed by atoms with Gasteiger partial charge in [0.25, 0.3) is 0 Å². The zero-order valence-electron chi connectivity index (χ0n) is 16.5. The summed E-state index contributed by atoms with van der Waals surface area (Å²) < 4.78 is 18.6. The number of aromatic nitrogens is 5. The van der Waals surface area contributed by atoms with Crippen molar-refractivity contribution in [2.45, 2.75) is 56.8 Å². The van der Waals surface area contributed by atoms with E-state index < -0.39 is 24.5 Å². The lowest BCUT2D eigenvalue weighted by molar-refractivity contribution is -0.0439. The third-order valence-electron chi connectivity index (χ3n) is 5.60. The van der Waals surface area contributed by atoms with Gasteiger partial charge >= 0.3 is 0 Å². The number of rotatable bonds is 5. The summed E-state index contributed by atoms with van der Waals surface area (Å²) in [4.78, 5) is 17.3. The van der Waals surface area contributed by atoms with E-state index in [1.165, 1.54) is 12.7 Å². The van der Waals surface area contributed by atoms with Gasteiger partial charge in [0, 0.05) is 25.7 Å². The lowest BCUT2D eigenvalue weighted by Gasteiger charge is -2.23. The number of nitrogens with zero attached hydrogens (tertiary/aromatic N) is 5. The van der Waals surface area contributed by atoms with E-state index >= 15 is 0 Å². The van der Waals surface area contributed by atoms with Crippen molar-refractivity contribution in [3.05, 3.63) is 30.5 Å². The molecule has 11 nitrogen and oxygen atoms in total. The van der Waals surface area contributed by atoms with Crippen LogP contribution >= 0.6 is 0 Å². The van der Waals surface area contributed by atoms with Crippen LogP contribution in [-0.4, -0.2) is 66.2 Å². The molecule has 2 saturated heterocycles. The quantitative estimate of drug-likeness (QED) is 0.551. The Hall–Kier alpha value is -2.60. The molecule has 0 aromatic carbocycles. The molecule has 3 N–H and O–H groups in total. The number of oxazole rings is 1. The topological polar surface area (TPSA) is 141 Å². The molecular formula is C19H24N6O5. The zero-order valence-corrected chi connectivity index (χ0v) is 16.5. The van der Waals surface area contributed by atoms with Gasteiger partial charge in [-0.05, 0) is 12.8 Å². The number of imidazole rings is 1. The summed E-state index contributed by atoms with van der Waals surface area (Å²) in [5.74, 6) is 1.54. The van der Waals surface area contributed by atoms with Crippen LogP contribution in [0, 0.1) is 0 Å². The maximum Gasteiger partial charge on any atom is 0.226 e. The second-order valence-corrected chi connectivity index (χ2v) is 7.52. The van der Waals surface area contributed by atoms with Crippen LogP contribution < -0.4 is 5.32 Å². The molecule has 4 unspecified atom stereocenters. The lowest BCUT2D eigenvalue weighted by Crippen LogP contribution is -2.29. The number of aryl methyl sites for hydroxylation is 1. The molecule has 30 heavy (non-hydrogen) atoms. The number of hydrogen-bond acceptors (Lipinski definition) is 10. The minimum absolute atomic E-state index is 0.238. The maximum atomic E-state index is 10.6. The predicted molar refractivity (Wildman–Crippen MR) is 104 cm³/mol. The van der Waals surface area contributed by atoms with Crippen molar-refractivity contribution >= 4 is 17.0 Å². The largest absolute Gasteiger partial charge is 0.443 e.